The van der Waals surface area contributed by atoms with Crippen LogP contribution in [-0.4, -0.2) is 10.5 Å². The second-order valence-electron chi connectivity index (χ2n) is 5.17. The van der Waals surface area contributed by atoms with Gasteiger partial charge in [0.2, 0.25) is 0 Å². The summed E-state index contributed by atoms with van der Waals surface area (Å²) >= 11 is 0. The monoisotopic (exact) mass is 219 g/mol. The number of hydrogen-bond donors (Lipinski definition) is 2. The molecule has 0 spiro atoms. The fraction of sp³-hybridized carbons (Fsp3) is 0.615. The highest BCUT2D eigenvalue weighted by atomic mass is 15.0. The van der Waals surface area contributed by atoms with Gasteiger partial charge in [-0.2, -0.15) is 0 Å². The number of nitrogens with one attached hydrogen (secondary N) is 1. The Kier molecular flexibility index (Phi) is 3.03. The Morgan fingerprint density at radius 3 is 2.62 bits per heavy atom. The number of rotatable bonds is 2. The van der Waals surface area contributed by atoms with Gasteiger partial charge in [-0.05, 0) is 32.3 Å². The number of nitrogen functional groups attached to an aromatic ring is 1. The maximum atomic E-state index is 5.89. The molecule has 3 N–H and O–H groups in total. The summed E-state index contributed by atoms with van der Waals surface area (Å²) < 4.78 is 0. The van der Waals surface area contributed by atoms with E-state index in [-0.39, 0.29) is 5.54 Å². The zero-order valence-corrected chi connectivity index (χ0v) is 10.2. The van der Waals surface area contributed by atoms with Crippen molar-refractivity contribution < 1.29 is 0 Å². The van der Waals surface area contributed by atoms with Crippen molar-refractivity contribution in [3.63, 3.8) is 0 Å². The standard InChI is InChI=1S/C13H21N3/c1-10-9-15-12(8-11(10)14)16-13(2)6-4-3-5-7-13/h8-9H,3-7H2,1-2H3,(H3,14,15,16). The Labute approximate surface area is 97.5 Å². The van der Waals surface area contributed by atoms with Crippen molar-refractivity contribution in [2.24, 2.45) is 0 Å². The minimum absolute atomic E-state index is 0.201. The van der Waals surface area contributed by atoms with Gasteiger partial charge in [-0.15, -0.1) is 0 Å². The average molecular weight is 219 g/mol. The van der Waals surface area contributed by atoms with Crippen LogP contribution >= 0.6 is 0 Å². The predicted molar refractivity (Wildman–Crippen MR) is 68.5 cm³/mol. The molecule has 1 saturated carbocycles. The fourth-order valence-electron chi connectivity index (χ4n) is 2.37. The number of anilines is 2. The van der Waals surface area contributed by atoms with Crippen LogP contribution in [0.25, 0.3) is 0 Å². The Bertz CT molecular complexity index is 367. The molecule has 88 valence electrons. The zero-order valence-electron chi connectivity index (χ0n) is 10.2. The van der Waals surface area contributed by atoms with E-state index in [4.69, 9.17) is 5.73 Å². The van der Waals surface area contributed by atoms with Gasteiger partial charge in [0.05, 0.1) is 0 Å². The van der Waals surface area contributed by atoms with Crippen molar-refractivity contribution in [1.29, 1.82) is 0 Å². The van der Waals surface area contributed by atoms with E-state index in [9.17, 15) is 0 Å². The summed E-state index contributed by atoms with van der Waals surface area (Å²) in [6.45, 7) is 4.26. The van der Waals surface area contributed by atoms with E-state index < -0.39 is 0 Å². The number of nitrogens with zero attached hydrogens (tertiary/aromatic N) is 1. The van der Waals surface area contributed by atoms with Crippen LogP contribution in [-0.2, 0) is 0 Å². The predicted octanol–water partition coefficient (Wildman–Crippen LogP) is 3.11. The van der Waals surface area contributed by atoms with Crippen LogP contribution in [0.4, 0.5) is 11.5 Å². The lowest BCUT2D eigenvalue weighted by Gasteiger charge is -2.35. The molecule has 0 atom stereocenters. The Morgan fingerprint density at radius 2 is 2.00 bits per heavy atom. The average Bonchev–Trinajstić information content (AvgIpc) is 2.24. The van der Waals surface area contributed by atoms with Crippen molar-refractivity contribution in [2.75, 3.05) is 11.1 Å². The maximum absolute atomic E-state index is 5.89. The smallest absolute Gasteiger partial charge is 0.128 e. The van der Waals surface area contributed by atoms with Crippen LogP contribution in [0, 0.1) is 6.92 Å². The first kappa shape index (κ1) is 11.2. The van der Waals surface area contributed by atoms with Crippen molar-refractivity contribution in [1.82, 2.24) is 4.98 Å². The van der Waals surface area contributed by atoms with Gasteiger partial charge >= 0.3 is 0 Å². The first-order valence-corrected chi connectivity index (χ1v) is 6.09. The van der Waals surface area contributed by atoms with Crippen molar-refractivity contribution >= 4 is 11.5 Å². The molecule has 1 fully saturated rings. The van der Waals surface area contributed by atoms with Gasteiger partial charge in [0.25, 0.3) is 0 Å². The van der Waals surface area contributed by atoms with Crippen LogP contribution < -0.4 is 11.1 Å². The van der Waals surface area contributed by atoms with Crippen LogP contribution in [0.1, 0.15) is 44.6 Å². The summed E-state index contributed by atoms with van der Waals surface area (Å²) in [4.78, 5) is 4.39. The van der Waals surface area contributed by atoms with E-state index in [2.05, 4.69) is 17.2 Å². The molecule has 3 nitrogen and oxygen atoms in total. The van der Waals surface area contributed by atoms with Gasteiger partial charge in [0, 0.05) is 23.5 Å². The second kappa shape index (κ2) is 4.32. The molecule has 3 heteroatoms. The zero-order chi connectivity index (χ0) is 11.6. The highest BCUT2D eigenvalue weighted by molar-refractivity contribution is 5.54. The summed E-state index contributed by atoms with van der Waals surface area (Å²) in [5.74, 6) is 0.910. The topological polar surface area (TPSA) is 50.9 Å². The largest absolute Gasteiger partial charge is 0.398 e. The molecule has 2 rings (SSSR count). The minimum atomic E-state index is 0.201. The molecule has 16 heavy (non-hydrogen) atoms. The lowest BCUT2D eigenvalue weighted by molar-refractivity contribution is 0.348. The Hall–Kier alpha value is -1.25. The lowest BCUT2D eigenvalue weighted by Crippen LogP contribution is -2.37. The highest BCUT2D eigenvalue weighted by Gasteiger charge is 2.26. The van der Waals surface area contributed by atoms with Crippen LogP contribution in [0.5, 0.6) is 0 Å². The van der Waals surface area contributed by atoms with Gasteiger partial charge in [0.15, 0.2) is 0 Å². The molecule has 0 amide bonds. The van der Waals surface area contributed by atoms with Crippen molar-refractivity contribution in [3.05, 3.63) is 17.8 Å². The van der Waals surface area contributed by atoms with Crippen LogP contribution in [0.2, 0.25) is 0 Å². The van der Waals surface area contributed by atoms with E-state index in [1.807, 2.05) is 19.2 Å². The number of hydrogen-bond acceptors (Lipinski definition) is 3. The maximum Gasteiger partial charge on any atom is 0.128 e. The number of nitrogens with two attached hydrogens (primary N) is 1. The molecular weight excluding hydrogens is 198 g/mol. The van der Waals surface area contributed by atoms with E-state index in [0.29, 0.717) is 0 Å². The molecule has 1 aliphatic rings. The Balaban J connectivity index is 2.10. The number of aromatic nitrogens is 1. The fourth-order valence-corrected chi connectivity index (χ4v) is 2.37. The van der Waals surface area contributed by atoms with Crippen molar-refractivity contribution in [2.45, 2.75) is 51.5 Å². The first-order valence-electron chi connectivity index (χ1n) is 6.09. The molecular formula is C13H21N3. The van der Waals surface area contributed by atoms with Crippen molar-refractivity contribution in [3.8, 4) is 0 Å². The van der Waals surface area contributed by atoms with Crippen LogP contribution in [0.15, 0.2) is 12.3 Å². The van der Waals surface area contributed by atoms with Gasteiger partial charge in [-0.3, -0.25) is 0 Å². The van der Waals surface area contributed by atoms with Gasteiger partial charge in [0.1, 0.15) is 5.82 Å². The lowest BCUT2D eigenvalue weighted by atomic mass is 9.83. The number of pyridine rings is 1. The van der Waals surface area contributed by atoms with Gasteiger partial charge in [-0.25, -0.2) is 4.98 Å². The molecule has 0 bridgehead atoms. The quantitative estimate of drug-likeness (QED) is 0.803. The second-order valence-corrected chi connectivity index (χ2v) is 5.17. The SMILES string of the molecule is Cc1cnc(NC2(C)CCCCC2)cc1N. The van der Waals surface area contributed by atoms with E-state index in [1.54, 1.807) is 0 Å². The van der Waals surface area contributed by atoms with Crippen LogP contribution in [0.3, 0.4) is 0 Å². The van der Waals surface area contributed by atoms with Gasteiger partial charge in [-0.1, -0.05) is 19.3 Å². The molecule has 0 aliphatic heterocycles. The third kappa shape index (κ3) is 2.46. The third-order valence-corrected chi connectivity index (χ3v) is 3.53. The van der Waals surface area contributed by atoms with Gasteiger partial charge < -0.3 is 11.1 Å². The summed E-state index contributed by atoms with van der Waals surface area (Å²) in [6.07, 6.45) is 8.27. The number of aryl methyl sites for hydroxylation is 1. The third-order valence-electron chi connectivity index (χ3n) is 3.53. The molecule has 1 aliphatic carbocycles. The summed E-state index contributed by atoms with van der Waals surface area (Å²) in [5.41, 5.74) is 7.95. The molecule has 0 unspecified atom stereocenters. The summed E-state index contributed by atoms with van der Waals surface area (Å²) in [7, 11) is 0. The Morgan fingerprint density at radius 1 is 1.31 bits per heavy atom. The summed E-state index contributed by atoms with van der Waals surface area (Å²) in [5, 5.41) is 3.53. The highest BCUT2D eigenvalue weighted by Crippen LogP contribution is 2.31. The summed E-state index contributed by atoms with van der Waals surface area (Å²) in [6, 6.07) is 1.94. The molecule has 0 radical (unpaired) electrons. The molecule has 0 aromatic carbocycles. The molecule has 1 aromatic rings. The van der Waals surface area contributed by atoms with E-state index in [1.165, 1.54) is 32.1 Å². The normalized spacial score (nSPS) is 19.4. The molecule has 1 aromatic heterocycles. The molecule has 0 saturated heterocycles. The van der Waals surface area contributed by atoms with E-state index >= 15 is 0 Å². The van der Waals surface area contributed by atoms with E-state index in [0.717, 1.165) is 17.1 Å². The first-order chi connectivity index (χ1) is 7.59. The minimum Gasteiger partial charge on any atom is -0.398 e. The molecule has 1 heterocycles.